The topological polar surface area (TPSA) is 69.0 Å². The molecule has 0 atom stereocenters. The molecular formula is C26H30N4O2. The van der Waals surface area contributed by atoms with Gasteiger partial charge in [-0.1, -0.05) is 41.5 Å². The van der Waals surface area contributed by atoms with Crippen LogP contribution in [0.3, 0.4) is 0 Å². The van der Waals surface area contributed by atoms with Crippen LogP contribution >= 0.6 is 0 Å². The monoisotopic (exact) mass is 430 g/mol. The summed E-state index contributed by atoms with van der Waals surface area (Å²) in [7, 11) is 1.54. The van der Waals surface area contributed by atoms with Gasteiger partial charge in [-0.15, -0.1) is 0 Å². The maximum atomic E-state index is 5.73. The van der Waals surface area contributed by atoms with E-state index in [-0.39, 0.29) is 0 Å². The fourth-order valence-corrected chi connectivity index (χ4v) is 4.32. The minimum absolute atomic E-state index is 0.546. The number of hydrogen-bond donors (Lipinski definition) is 0. The highest BCUT2D eigenvalue weighted by molar-refractivity contribution is 6.03. The van der Waals surface area contributed by atoms with Gasteiger partial charge in [0.2, 0.25) is 0 Å². The van der Waals surface area contributed by atoms with Gasteiger partial charge in [-0.05, 0) is 74.8 Å². The molecule has 6 heteroatoms. The van der Waals surface area contributed by atoms with E-state index >= 15 is 0 Å². The Morgan fingerprint density at radius 2 is 1.94 bits per heavy atom. The van der Waals surface area contributed by atoms with Crippen molar-refractivity contribution >= 4 is 22.3 Å². The van der Waals surface area contributed by atoms with Gasteiger partial charge in [0.05, 0.1) is 16.9 Å². The van der Waals surface area contributed by atoms with Crippen molar-refractivity contribution in [1.82, 2.24) is 9.97 Å². The SMILES string of the molecule is CCc1c2c(nc3ccccc13)/C(=N/OCCCc1cccc(/C(C)=N/OC)n1)CCC2. The van der Waals surface area contributed by atoms with Crippen LogP contribution in [0.2, 0.25) is 0 Å². The number of fused-ring (bicyclic) bond motifs is 2. The smallest absolute Gasteiger partial charge is 0.117 e. The first-order chi connectivity index (χ1) is 15.7. The Hall–Kier alpha value is -3.28. The fourth-order valence-electron chi connectivity index (χ4n) is 4.32. The normalized spacial score (nSPS) is 15.1. The predicted molar refractivity (Wildman–Crippen MR) is 128 cm³/mol. The lowest BCUT2D eigenvalue weighted by Gasteiger charge is -2.21. The highest BCUT2D eigenvalue weighted by Crippen LogP contribution is 2.30. The van der Waals surface area contributed by atoms with E-state index in [4.69, 9.17) is 14.7 Å². The number of hydrogen-bond acceptors (Lipinski definition) is 6. The zero-order chi connectivity index (χ0) is 22.3. The minimum atomic E-state index is 0.546. The van der Waals surface area contributed by atoms with Crippen LogP contribution in [-0.2, 0) is 28.9 Å². The molecule has 0 unspecified atom stereocenters. The van der Waals surface area contributed by atoms with Gasteiger partial charge in [-0.25, -0.2) is 4.98 Å². The van der Waals surface area contributed by atoms with Gasteiger partial charge in [0.15, 0.2) is 0 Å². The van der Waals surface area contributed by atoms with E-state index in [9.17, 15) is 0 Å². The quantitative estimate of drug-likeness (QED) is 0.278. The van der Waals surface area contributed by atoms with Crippen LogP contribution in [0.4, 0.5) is 0 Å². The van der Waals surface area contributed by atoms with Crippen molar-refractivity contribution in [3.05, 3.63) is 70.7 Å². The third-order valence-electron chi connectivity index (χ3n) is 5.83. The molecule has 0 fully saturated rings. The summed E-state index contributed by atoms with van der Waals surface area (Å²) in [5.74, 6) is 0. The summed E-state index contributed by atoms with van der Waals surface area (Å²) in [6.45, 7) is 4.65. The number of oxime groups is 2. The van der Waals surface area contributed by atoms with Crippen molar-refractivity contribution in [2.45, 2.75) is 52.4 Å². The molecule has 6 nitrogen and oxygen atoms in total. The van der Waals surface area contributed by atoms with E-state index in [2.05, 4.69) is 40.4 Å². The summed E-state index contributed by atoms with van der Waals surface area (Å²) in [4.78, 5) is 20.2. The molecule has 0 radical (unpaired) electrons. The van der Waals surface area contributed by atoms with Crippen molar-refractivity contribution in [2.75, 3.05) is 13.7 Å². The van der Waals surface area contributed by atoms with Crippen LogP contribution in [0.15, 0.2) is 52.8 Å². The molecule has 32 heavy (non-hydrogen) atoms. The molecule has 0 N–H and O–H groups in total. The number of para-hydroxylation sites is 1. The number of rotatable bonds is 8. The average molecular weight is 431 g/mol. The lowest BCUT2D eigenvalue weighted by molar-refractivity contribution is 0.141. The maximum absolute atomic E-state index is 5.73. The Morgan fingerprint density at radius 1 is 1.06 bits per heavy atom. The number of aromatic nitrogens is 2. The van der Waals surface area contributed by atoms with Gasteiger partial charge in [-0.3, -0.25) is 4.98 Å². The molecule has 2 aromatic heterocycles. The molecule has 0 bridgehead atoms. The van der Waals surface area contributed by atoms with Crippen LogP contribution < -0.4 is 0 Å². The van der Waals surface area contributed by atoms with Crippen molar-refractivity contribution in [1.29, 1.82) is 0 Å². The molecule has 1 aliphatic carbocycles. The molecule has 0 spiro atoms. The highest BCUT2D eigenvalue weighted by atomic mass is 16.6. The second-order valence-corrected chi connectivity index (χ2v) is 7.99. The lowest BCUT2D eigenvalue weighted by Crippen LogP contribution is -2.17. The molecule has 4 rings (SSSR count). The van der Waals surface area contributed by atoms with Crippen LogP contribution in [0, 0.1) is 0 Å². The van der Waals surface area contributed by atoms with Crippen molar-refractivity contribution in [2.24, 2.45) is 10.3 Å². The summed E-state index contributed by atoms with van der Waals surface area (Å²) in [5, 5.41) is 9.72. The second kappa shape index (κ2) is 10.4. The first-order valence-electron chi connectivity index (χ1n) is 11.3. The zero-order valence-electron chi connectivity index (χ0n) is 19.1. The third-order valence-corrected chi connectivity index (χ3v) is 5.83. The highest BCUT2D eigenvalue weighted by Gasteiger charge is 2.22. The van der Waals surface area contributed by atoms with Gasteiger partial charge < -0.3 is 9.68 Å². The molecule has 2 heterocycles. The molecule has 1 aromatic carbocycles. The maximum Gasteiger partial charge on any atom is 0.117 e. The van der Waals surface area contributed by atoms with E-state index in [0.29, 0.717) is 6.61 Å². The van der Waals surface area contributed by atoms with Gasteiger partial charge in [-0.2, -0.15) is 0 Å². The lowest BCUT2D eigenvalue weighted by atomic mass is 9.88. The molecule has 0 aliphatic heterocycles. The van der Waals surface area contributed by atoms with E-state index in [1.54, 1.807) is 0 Å². The molecule has 3 aromatic rings. The number of nitrogens with zero attached hydrogens (tertiary/aromatic N) is 4. The zero-order valence-corrected chi connectivity index (χ0v) is 19.1. The standard InChI is InChI=1S/C26H30N4O2/c1-4-20-21-12-5-6-14-24(21)28-26-22(20)13-8-16-25(26)30-32-17-9-11-19-10-7-15-23(27-19)18(2)29-31-3/h5-7,10,12,14-15H,4,8-9,11,13,16-17H2,1-3H3/b29-18+,30-25+. The average Bonchev–Trinajstić information content (AvgIpc) is 2.83. The van der Waals surface area contributed by atoms with Gasteiger partial charge >= 0.3 is 0 Å². The van der Waals surface area contributed by atoms with E-state index in [1.165, 1.54) is 23.6 Å². The van der Waals surface area contributed by atoms with Crippen LogP contribution in [0.25, 0.3) is 10.9 Å². The Balaban J connectivity index is 1.42. The summed E-state index contributed by atoms with van der Waals surface area (Å²) < 4.78 is 0. The van der Waals surface area contributed by atoms with Crippen LogP contribution in [0.1, 0.15) is 61.3 Å². The Kier molecular flexibility index (Phi) is 7.10. The number of benzene rings is 1. The van der Waals surface area contributed by atoms with E-state index in [1.807, 2.05) is 31.2 Å². The molecule has 1 aliphatic rings. The first-order valence-corrected chi connectivity index (χ1v) is 11.3. The molecule has 0 saturated carbocycles. The Labute approximate surface area is 189 Å². The Morgan fingerprint density at radius 3 is 2.78 bits per heavy atom. The molecule has 0 amide bonds. The van der Waals surface area contributed by atoms with Gasteiger partial charge in [0.25, 0.3) is 0 Å². The molecular weight excluding hydrogens is 400 g/mol. The van der Waals surface area contributed by atoms with Crippen LogP contribution in [-0.4, -0.2) is 35.1 Å². The molecule has 0 saturated heterocycles. The van der Waals surface area contributed by atoms with Crippen molar-refractivity contribution in [3.8, 4) is 0 Å². The van der Waals surface area contributed by atoms with Crippen molar-refractivity contribution < 1.29 is 9.68 Å². The molecule has 166 valence electrons. The predicted octanol–water partition coefficient (Wildman–Crippen LogP) is 5.25. The summed E-state index contributed by atoms with van der Waals surface area (Å²) >= 11 is 0. The van der Waals surface area contributed by atoms with Gasteiger partial charge in [0, 0.05) is 11.1 Å². The third kappa shape index (κ3) is 4.79. The number of aryl methyl sites for hydroxylation is 2. The number of pyridine rings is 2. The summed E-state index contributed by atoms with van der Waals surface area (Å²) in [6.07, 6.45) is 5.71. The minimum Gasteiger partial charge on any atom is -0.399 e. The largest absolute Gasteiger partial charge is 0.399 e. The summed E-state index contributed by atoms with van der Waals surface area (Å²) in [5.41, 5.74) is 8.37. The first kappa shape index (κ1) is 21.9. The van der Waals surface area contributed by atoms with Crippen LogP contribution in [0.5, 0.6) is 0 Å². The van der Waals surface area contributed by atoms with E-state index < -0.39 is 0 Å². The summed E-state index contributed by atoms with van der Waals surface area (Å²) in [6, 6.07) is 14.3. The second-order valence-electron chi connectivity index (χ2n) is 7.99. The van der Waals surface area contributed by atoms with E-state index in [0.717, 1.165) is 72.5 Å². The van der Waals surface area contributed by atoms with Gasteiger partial charge in [0.1, 0.15) is 25.1 Å². The van der Waals surface area contributed by atoms with Crippen molar-refractivity contribution in [3.63, 3.8) is 0 Å². The Bertz CT molecular complexity index is 1150. The fraction of sp³-hybridized carbons (Fsp3) is 0.385.